The van der Waals surface area contributed by atoms with Crippen LogP contribution in [0.4, 0.5) is 14.5 Å². The molecule has 0 saturated carbocycles. The van der Waals surface area contributed by atoms with E-state index in [9.17, 15) is 27.1 Å². The van der Waals surface area contributed by atoms with Crippen LogP contribution in [0.1, 0.15) is 16.8 Å². The maximum Gasteiger partial charge on any atom is 0.257 e. The van der Waals surface area contributed by atoms with Crippen LogP contribution in [0.25, 0.3) is 0 Å². The van der Waals surface area contributed by atoms with Gasteiger partial charge in [0.15, 0.2) is 0 Å². The second-order valence-corrected chi connectivity index (χ2v) is 7.69. The molecule has 1 aliphatic heterocycles. The van der Waals surface area contributed by atoms with Gasteiger partial charge in [0.1, 0.15) is 5.75 Å². The van der Waals surface area contributed by atoms with Crippen LogP contribution >= 0.6 is 0 Å². The fourth-order valence-electron chi connectivity index (χ4n) is 2.71. The molecule has 1 fully saturated rings. The minimum Gasteiger partial charge on any atom is -0.507 e. The molecule has 1 saturated heterocycles. The minimum atomic E-state index is -3.52. The number of amides is 1. The summed E-state index contributed by atoms with van der Waals surface area (Å²) in [7, 11) is -3.52. The number of phenolic OH excluding ortho intramolecular Hbond substituents is 1. The Morgan fingerprint density at radius 3 is 2.64 bits per heavy atom. The second-order valence-electron chi connectivity index (χ2n) is 5.94. The van der Waals surface area contributed by atoms with Crippen molar-refractivity contribution >= 4 is 21.6 Å². The molecule has 1 aromatic carbocycles. The first kappa shape index (κ1) is 19.4. The van der Waals surface area contributed by atoms with E-state index in [4.69, 9.17) is 0 Å². The Morgan fingerprint density at radius 2 is 2.00 bits per heavy atom. The van der Waals surface area contributed by atoms with Gasteiger partial charge in [0.05, 0.1) is 18.4 Å². The minimum absolute atomic E-state index is 0.0315. The summed E-state index contributed by atoms with van der Waals surface area (Å²) in [4.78, 5) is 15.7. The number of hydrogen-bond donors (Lipinski definition) is 2. The topological polar surface area (TPSA) is 89.9 Å². The quantitative estimate of drug-likeness (QED) is 0.752. The first-order valence-corrected chi connectivity index (χ1v) is 9.65. The van der Waals surface area contributed by atoms with Gasteiger partial charge in [-0.3, -0.25) is 14.4 Å². The van der Waals surface area contributed by atoms with E-state index in [1.54, 1.807) is 4.90 Å². The fraction of sp³-hybridized carbons (Fsp3) is 0.533. The van der Waals surface area contributed by atoms with Crippen LogP contribution in [0.5, 0.6) is 5.75 Å². The standard InChI is InChI=1S/C15H21F2N3O4S/c1-25(23,24)18-11-3-4-13(21)12(9-11)15(22)20-6-2-5-19(7-8-20)10-14(16)17/h3-4,9,14,18,21H,2,5-8,10H2,1H3. The van der Waals surface area contributed by atoms with Crippen LogP contribution < -0.4 is 4.72 Å². The monoisotopic (exact) mass is 377 g/mol. The van der Waals surface area contributed by atoms with Gasteiger partial charge in [-0.05, 0) is 24.6 Å². The number of benzene rings is 1. The fourth-order valence-corrected chi connectivity index (χ4v) is 3.26. The average molecular weight is 377 g/mol. The van der Waals surface area contributed by atoms with Crippen LogP contribution in [-0.4, -0.2) is 74.6 Å². The Kier molecular flexibility index (Phi) is 6.17. The Hall–Kier alpha value is -1.94. The zero-order valence-corrected chi connectivity index (χ0v) is 14.6. The molecule has 140 valence electrons. The Morgan fingerprint density at radius 1 is 1.28 bits per heavy atom. The van der Waals surface area contributed by atoms with Crippen molar-refractivity contribution < 1.29 is 27.1 Å². The lowest BCUT2D eigenvalue weighted by atomic mass is 10.1. The summed E-state index contributed by atoms with van der Waals surface area (Å²) in [5.74, 6) is -0.730. The number of rotatable bonds is 5. The van der Waals surface area contributed by atoms with Gasteiger partial charge < -0.3 is 10.0 Å². The van der Waals surface area contributed by atoms with Crippen molar-refractivity contribution in [2.45, 2.75) is 12.8 Å². The van der Waals surface area contributed by atoms with Crippen molar-refractivity contribution in [2.75, 3.05) is 43.7 Å². The number of carbonyl (C=O) groups excluding carboxylic acids is 1. The average Bonchev–Trinajstić information content (AvgIpc) is 2.72. The Labute approximate surface area is 145 Å². The van der Waals surface area contributed by atoms with Crippen LogP contribution in [0.2, 0.25) is 0 Å². The molecule has 1 aromatic rings. The van der Waals surface area contributed by atoms with E-state index in [-0.39, 0.29) is 30.1 Å². The number of anilines is 1. The van der Waals surface area contributed by atoms with Gasteiger partial charge in [0, 0.05) is 31.9 Å². The van der Waals surface area contributed by atoms with E-state index in [0.29, 0.717) is 26.1 Å². The van der Waals surface area contributed by atoms with E-state index in [2.05, 4.69) is 4.72 Å². The van der Waals surface area contributed by atoms with Gasteiger partial charge in [-0.1, -0.05) is 0 Å². The summed E-state index contributed by atoms with van der Waals surface area (Å²) in [6, 6.07) is 3.85. The number of nitrogens with zero attached hydrogens (tertiary/aromatic N) is 2. The number of carbonyl (C=O) groups is 1. The number of hydrogen-bond acceptors (Lipinski definition) is 5. The van der Waals surface area contributed by atoms with Crippen LogP contribution in [0, 0.1) is 0 Å². The van der Waals surface area contributed by atoms with Crippen LogP contribution in [0.3, 0.4) is 0 Å². The summed E-state index contributed by atoms with van der Waals surface area (Å²) in [5, 5.41) is 9.94. The van der Waals surface area contributed by atoms with Crippen molar-refractivity contribution in [3.05, 3.63) is 23.8 Å². The highest BCUT2D eigenvalue weighted by molar-refractivity contribution is 7.92. The second kappa shape index (κ2) is 7.96. The predicted molar refractivity (Wildman–Crippen MR) is 89.5 cm³/mol. The van der Waals surface area contributed by atoms with Crippen molar-refractivity contribution in [1.29, 1.82) is 0 Å². The highest BCUT2D eigenvalue weighted by Gasteiger charge is 2.24. The lowest BCUT2D eigenvalue weighted by Gasteiger charge is -2.22. The number of nitrogens with one attached hydrogen (secondary N) is 1. The number of halogens is 2. The predicted octanol–water partition coefficient (Wildman–Crippen LogP) is 1.18. The molecule has 2 rings (SSSR count). The summed E-state index contributed by atoms with van der Waals surface area (Å²) in [6.07, 6.45) is -0.904. The molecule has 0 spiro atoms. The molecule has 2 N–H and O–H groups in total. The summed E-state index contributed by atoms with van der Waals surface area (Å²) >= 11 is 0. The number of aromatic hydroxyl groups is 1. The van der Waals surface area contributed by atoms with Gasteiger partial charge in [0.2, 0.25) is 10.0 Å². The molecule has 10 heteroatoms. The summed E-state index contributed by atoms with van der Waals surface area (Å²) in [6.45, 7) is 1.09. The third-order valence-corrected chi connectivity index (χ3v) is 4.41. The van der Waals surface area contributed by atoms with Crippen LogP contribution in [-0.2, 0) is 10.0 Å². The van der Waals surface area contributed by atoms with Gasteiger partial charge in [-0.15, -0.1) is 0 Å². The van der Waals surface area contributed by atoms with Crippen molar-refractivity contribution in [3.63, 3.8) is 0 Å². The number of alkyl halides is 2. The Balaban J connectivity index is 2.13. The molecular weight excluding hydrogens is 356 g/mol. The SMILES string of the molecule is CS(=O)(=O)Nc1ccc(O)c(C(=O)N2CCCN(CC(F)F)CC2)c1. The lowest BCUT2D eigenvalue weighted by molar-refractivity contribution is 0.0740. The highest BCUT2D eigenvalue weighted by Crippen LogP contribution is 2.24. The van der Waals surface area contributed by atoms with E-state index >= 15 is 0 Å². The summed E-state index contributed by atoms with van der Waals surface area (Å²) < 4.78 is 49.8. The molecule has 0 atom stereocenters. The van der Waals surface area contributed by atoms with E-state index in [0.717, 1.165) is 6.26 Å². The molecule has 7 nitrogen and oxygen atoms in total. The molecule has 0 aromatic heterocycles. The molecule has 1 amide bonds. The lowest BCUT2D eigenvalue weighted by Crippen LogP contribution is -2.36. The van der Waals surface area contributed by atoms with Gasteiger partial charge >= 0.3 is 0 Å². The van der Waals surface area contributed by atoms with Crippen molar-refractivity contribution in [3.8, 4) is 5.75 Å². The zero-order chi connectivity index (χ0) is 18.6. The molecule has 0 bridgehead atoms. The molecular formula is C15H21F2N3O4S. The van der Waals surface area contributed by atoms with Crippen molar-refractivity contribution in [2.24, 2.45) is 0 Å². The summed E-state index contributed by atoms with van der Waals surface area (Å²) in [5.41, 5.74) is 0.133. The van der Waals surface area contributed by atoms with Crippen LogP contribution in [0.15, 0.2) is 18.2 Å². The molecule has 0 unspecified atom stereocenters. The van der Waals surface area contributed by atoms with Gasteiger partial charge in [-0.2, -0.15) is 0 Å². The Bertz CT molecular complexity index is 727. The molecule has 0 radical (unpaired) electrons. The smallest absolute Gasteiger partial charge is 0.257 e. The molecule has 1 aliphatic rings. The zero-order valence-electron chi connectivity index (χ0n) is 13.8. The highest BCUT2D eigenvalue weighted by atomic mass is 32.2. The molecule has 25 heavy (non-hydrogen) atoms. The first-order valence-electron chi connectivity index (χ1n) is 7.76. The van der Waals surface area contributed by atoms with Crippen molar-refractivity contribution in [1.82, 2.24) is 9.80 Å². The first-order chi connectivity index (χ1) is 11.7. The van der Waals surface area contributed by atoms with E-state index in [1.165, 1.54) is 23.1 Å². The third-order valence-electron chi connectivity index (χ3n) is 3.80. The molecule has 0 aliphatic carbocycles. The van der Waals surface area contributed by atoms with E-state index in [1.807, 2.05) is 0 Å². The maximum absolute atomic E-state index is 12.6. The normalized spacial score (nSPS) is 16.7. The number of sulfonamides is 1. The van der Waals surface area contributed by atoms with Gasteiger partial charge in [0.25, 0.3) is 12.3 Å². The molecule has 1 heterocycles. The van der Waals surface area contributed by atoms with E-state index < -0.39 is 22.4 Å². The third kappa shape index (κ3) is 5.82. The largest absolute Gasteiger partial charge is 0.507 e. The number of phenols is 1. The van der Waals surface area contributed by atoms with Gasteiger partial charge in [-0.25, -0.2) is 17.2 Å². The maximum atomic E-state index is 12.6.